The van der Waals surface area contributed by atoms with E-state index < -0.39 is 0 Å². The van der Waals surface area contributed by atoms with Crippen LogP contribution in [0.1, 0.15) is 31.4 Å². The van der Waals surface area contributed by atoms with Crippen LogP contribution in [0.3, 0.4) is 0 Å². The van der Waals surface area contributed by atoms with Crippen molar-refractivity contribution in [2.45, 2.75) is 31.9 Å². The molecule has 2 atom stereocenters. The van der Waals surface area contributed by atoms with E-state index in [2.05, 4.69) is 5.32 Å². The largest absolute Gasteiger partial charge is 0.482 e. The average Bonchev–Trinajstić information content (AvgIpc) is 3.08. The number of rotatable bonds is 5. The maximum Gasteiger partial charge on any atom is 0.265 e. The molecule has 130 valence electrons. The molecule has 0 aliphatic carbocycles. The van der Waals surface area contributed by atoms with Crippen LogP contribution >= 0.6 is 0 Å². The predicted octanol–water partition coefficient (Wildman–Crippen LogP) is 0.727. The van der Waals surface area contributed by atoms with E-state index in [4.69, 9.17) is 15.2 Å². The first-order chi connectivity index (χ1) is 11.5. The minimum Gasteiger partial charge on any atom is -0.482 e. The lowest BCUT2D eigenvalue weighted by molar-refractivity contribution is -0.125. The summed E-state index contributed by atoms with van der Waals surface area (Å²) in [5, 5.41) is 2.84. The molecular weight excluding hydrogens is 310 g/mol. The van der Waals surface area contributed by atoms with Crippen LogP contribution in [0.5, 0.6) is 5.75 Å². The fraction of sp³-hybridized carbons (Fsp3) is 0.529. The number of hydrogen-bond donors (Lipinski definition) is 2. The van der Waals surface area contributed by atoms with E-state index in [-0.39, 0.29) is 37.1 Å². The molecule has 1 aromatic carbocycles. The Balaban J connectivity index is 1.69. The van der Waals surface area contributed by atoms with E-state index in [1.54, 1.807) is 6.07 Å². The van der Waals surface area contributed by atoms with Gasteiger partial charge in [-0.2, -0.15) is 0 Å². The number of amides is 2. The van der Waals surface area contributed by atoms with Gasteiger partial charge in [-0.15, -0.1) is 0 Å². The van der Waals surface area contributed by atoms with Gasteiger partial charge >= 0.3 is 0 Å². The Morgan fingerprint density at radius 2 is 2.33 bits per heavy atom. The van der Waals surface area contributed by atoms with Crippen LogP contribution in [0, 0.1) is 0 Å². The summed E-state index contributed by atoms with van der Waals surface area (Å²) in [6, 6.07) is 5.31. The minimum absolute atomic E-state index is 0.0374. The number of fused-ring (bicyclic) bond motifs is 1. The first kappa shape index (κ1) is 16.7. The molecule has 1 aromatic rings. The summed E-state index contributed by atoms with van der Waals surface area (Å²) in [4.78, 5) is 25.9. The van der Waals surface area contributed by atoms with Gasteiger partial charge in [0.05, 0.1) is 11.8 Å². The molecule has 24 heavy (non-hydrogen) atoms. The molecule has 1 fully saturated rings. The second-order valence-electron chi connectivity index (χ2n) is 6.22. The van der Waals surface area contributed by atoms with Gasteiger partial charge in [-0.1, -0.05) is 6.07 Å². The molecule has 0 radical (unpaired) electrons. The van der Waals surface area contributed by atoms with Crippen LogP contribution in [-0.2, 0) is 14.3 Å². The summed E-state index contributed by atoms with van der Waals surface area (Å²) in [6.07, 6.45) is 2.05. The molecule has 0 unspecified atom stereocenters. The highest BCUT2D eigenvalue weighted by molar-refractivity contribution is 6.02. The Morgan fingerprint density at radius 1 is 1.50 bits per heavy atom. The summed E-state index contributed by atoms with van der Waals surface area (Å²) in [6.45, 7) is 2.99. The van der Waals surface area contributed by atoms with Crippen LogP contribution in [-0.4, -0.2) is 44.2 Å². The van der Waals surface area contributed by atoms with Crippen LogP contribution in [0.15, 0.2) is 18.2 Å². The quantitative estimate of drug-likeness (QED) is 0.828. The summed E-state index contributed by atoms with van der Waals surface area (Å²) in [5.41, 5.74) is 7.39. The lowest BCUT2D eigenvalue weighted by atomic mass is 10.1. The lowest BCUT2D eigenvalue weighted by Crippen LogP contribution is -2.46. The second-order valence-corrected chi connectivity index (χ2v) is 6.22. The van der Waals surface area contributed by atoms with Gasteiger partial charge in [0.1, 0.15) is 12.3 Å². The monoisotopic (exact) mass is 333 g/mol. The topological polar surface area (TPSA) is 93.9 Å². The van der Waals surface area contributed by atoms with E-state index in [1.807, 2.05) is 19.1 Å². The maximum absolute atomic E-state index is 12.2. The summed E-state index contributed by atoms with van der Waals surface area (Å²) in [7, 11) is 0. The first-order valence-electron chi connectivity index (χ1n) is 8.25. The van der Waals surface area contributed by atoms with Crippen LogP contribution in [0.4, 0.5) is 5.69 Å². The molecule has 2 heterocycles. The number of nitrogens with zero attached hydrogens (tertiary/aromatic N) is 1. The lowest BCUT2D eigenvalue weighted by Gasteiger charge is -2.29. The Kier molecular flexibility index (Phi) is 5.01. The zero-order chi connectivity index (χ0) is 17.1. The molecule has 3 rings (SSSR count). The number of carbonyl (C=O) groups excluding carboxylic acids is 2. The molecule has 0 spiro atoms. The van der Waals surface area contributed by atoms with E-state index in [1.165, 1.54) is 4.90 Å². The number of nitrogens with two attached hydrogens (primary N) is 1. The number of ether oxygens (including phenoxy) is 2. The zero-order valence-electron chi connectivity index (χ0n) is 13.8. The van der Waals surface area contributed by atoms with Crippen molar-refractivity contribution in [2.24, 2.45) is 5.73 Å². The van der Waals surface area contributed by atoms with Gasteiger partial charge in [-0.05, 0) is 37.5 Å². The number of hydrogen-bond acceptors (Lipinski definition) is 5. The van der Waals surface area contributed by atoms with Crippen molar-refractivity contribution in [3.8, 4) is 5.75 Å². The fourth-order valence-electron chi connectivity index (χ4n) is 2.91. The molecule has 0 saturated carbocycles. The molecule has 2 amide bonds. The summed E-state index contributed by atoms with van der Waals surface area (Å²) in [5.74, 6) is 0.139. The third-order valence-electron chi connectivity index (χ3n) is 4.30. The molecule has 1 saturated heterocycles. The van der Waals surface area contributed by atoms with Gasteiger partial charge in [0.15, 0.2) is 6.61 Å². The molecule has 0 aromatic heterocycles. The highest BCUT2D eigenvalue weighted by Gasteiger charge is 2.28. The highest BCUT2D eigenvalue weighted by Crippen LogP contribution is 2.34. The Morgan fingerprint density at radius 3 is 3.04 bits per heavy atom. The third kappa shape index (κ3) is 3.68. The van der Waals surface area contributed by atoms with E-state index in [0.29, 0.717) is 18.0 Å². The number of benzene rings is 1. The van der Waals surface area contributed by atoms with Gasteiger partial charge in [0.2, 0.25) is 5.91 Å². The van der Waals surface area contributed by atoms with Crippen molar-refractivity contribution >= 4 is 17.5 Å². The van der Waals surface area contributed by atoms with Gasteiger partial charge in [-0.25, -0.2) is 0 Å². The predicted molar refractivity (Wildman–Crippen MR) is 88.9 cm³/mol. The average molecular weight is 333 g/mol. The number of anilines is 1. The normalized spacial score (nSPS) is 21.2. The molecule has 7 nitrogen and oxygen atoms in total. The SMILES string of the molecule is C[C@H](N)c1ccc2c(c1)N(CC(=O)NC[C@H]1CCCO1)C(=O)CO2. The Hall–Kier alpha value is -2.12. The van der Waals surface area contributed by atoms with Crippen molar-refractivity contribution in [3.05, 3.63) is 23.8 Å². The van der Waals surface area contributed by atoms with Gasteiger partial charge in [-0.3, -0.25) is 14.5 Å². The number of carbonyl (C=O) groups is 2. The smallest absolute Gasteiger partial charge is 0.265 e. The van der Waals surface area contributed by atoms with Crippen LogP contribution in [0.2, 0.25) is 0 Å². The van der Waals surface area contributed by atoms with Crippen molar-refractivity contribution in [1.82, 2.24) is 5.32 Å². The Labute approximate surface area is 141 Å². The molecule has 2 aliphatic heterocycles. The third-order valence-corrected chi connectivity index (χ3v) is 4.30. The highest BCUT2D eigenvalue weighted by atomic mass is 16.5. The van der Waals surface area contributed by atoms with Crippen LogP contribution in [0.25, 0.3) is 0 Å². The van der Waals surface area contributed by atoms with Crippen molar-refractivity contribution in [2.75, 3.05) is 31.2 Å². The van der Waals surface area contributed by atoms with Crippen molar-refractivity contribution in [3.63, 3.8) is 0 Å². The summed E-state index contributed by atoms with van der Waals surface area (Å²) < 4.78 is 10.9. The first-order valence-corrected chi connectivity index (χ1v) is 8.25. The second kappa shape index (κ2) is 7.19. The fourth-order valence-corrected chi connectivity index (χ4v) is 2.91. The maximum atomic E-state index is 12.2. The molecule has 3 N–H and O–H groups in total. The van der Waals surface area contributed by atoms with Gasteiger partial charge < -0.3 is 20.5 Å². The van der Waals surface area contributed by atoms with E-state index in [9.17, 15) is 9.59 Å². The van der Waals surface area contributed by atoms with E-state index >= 15 is 0 Å². The van der Waals surface area contributed by atoms with Gasteiger partial charge in [0, 0.05) is 19.2 Å². The standard InChI is InChI=1S/C17H23N3O4/c1-11(18)12-4-5-15-14(7-12)20(17(22)10-24-15)9-16(21)19-8-13-3-2-6-23-13/h4-5,7,11,13H,2-3,6,8-10,18H2,1H3,(H,19,21)/t11-,13+/m0/s1. The molecule has 0 bridgehead atoms. The zero-order valence-corrected chi connectivity index (χ0v) is 13.8. The van der Waals surface area contributed by atoms with Gasteiger partial charge in [0.25, 0.3) is 5.91 Å². The van der Waals surface area contributed by atoms with Crippen molar-refractivity contribution < 1.29 is 19.1 Å². The van der Waals surface area contributed by atoms with Crippen LogP contribution < -0.4 is 20.7 Å². The van der Waals surface area contributed by atoms with E-state index in [0.717, 1.165) is 25.0 Å². The summed E-state index contributed by atoms with van der Waals surface area (Å²) >= 11 is 0. The molecular formula is C17H23N3O4. The number of nitrogens with one attached hydrogen (secondary N) is 1. The van der Waals surface area contributed by atoms with Crippen molar-refractivity contribution in [1.29, 1.82) is 0 Å². The molecule has 7 heteroatoms. The Bertz CT molecular complexity index is 626. The minimum atomic E-state index is -0.239. The molecule has 2 aliphatic rings.